The number of nitriles is 1. The summed E-state index contributed by atoms with van der Waals surface area (Å²) in [4.78, 5) is 36.2. The van der Waals surface area contributed by atoms with Gasteiger partial charge in [0.2, 0.25) is 0 Å². The van der Waals surface area contributed by atoms with Crippen LogP contribution in [-0.2, 0) is 20.9 Å². The fourth-order valence-electron chi connectivity index (χ4n) is 2.67. The average Bonchev–Trinajstić information content (AvgIpc) is 3.01. The van der Waals surface area contributed by atoms with Gasteiger partial charge in [0.1, 0.15) is 6.07 Å². The van der Waals surface area contributed by atoms with Crippen LogP contribution in [0.3, 0.4) is 0 Å². The van der Waals surface area contributed by atoms with Crippen molar-refractivity contribution in [3.63, 3.8) is 0 Å². The molecule has 1 aromatic heterocycles. The number of oxazole rings is 1. The summed E-state index contributed by atoms with van der Waals surface area (Å²) in [5.74, 6) is -1.75. The lowest BCUT2D eigenvalue weighted by atomic mass is 10.2. The van der Waals surface area contributed by atoms with Crippen LogP contribution in [-0.4, -0.2) is 22.5 Å². The highest BCUT2D eigenvalue weighted by atomic mass is 35.5. The Balaban J connectivity index is 1.56. The third-order valence-electron chi connectivity index (χ3n) is 4.15. The number of fused-ring (bicyclic) bond motifs is 1. The van der Waals surface area contributed by atoms with Gasteiger partial charge in [-0.05, 0) is 37.3 Å². The number of carbonyl (C=O) groups is 2. The maximum atomic E-state index is 12.2. The zero-order valence-electron chi connectivity index (χ0n) is 15.3. The Bertz CT molecular complexity index is 1170. The van der Waals surface area contributed by atoms with E-state index < -0.39 is 23.7 Å². The average molecular weight is 414 g/mol. The lowest BCUT2D eigenvalue weighted by Crippen LogP contribution is -2.30. The number of esters is 1. The van der Waals surface area contributed by atoms with Crippen LogP contribution in [0.15, 0.2) is 51.7 Å². The first kappa shape index (κ1) is 20.2. The van der Waals surface area contributed by atoms with Crippen molar-refractivity contribution in [2.24, 2.45) is 0 Å². The van der Waals surface area contributed by atoms with E-state index in [1.807, 2.05) is 6.07 Å². The summed E-state index contributed by atoms with van der Waals surface area (Å²) in [7, 11) is 0. The Morgan fingerprint density at radius 1 is 1.31 bits per heavy atom. The predicted octanol–water partition coefficient (Wildman–Crippen LogP) is 3.08. The molecule has 0 aliphatic carbocycles. The number of halogens is 1. The molecule has 0 radical (unpaired) electrons. The normalized spacial score (nSPS) is 11.6. The summed E-state index contributed by atoms with van der Waals surface area (Å²) < 4.78 is 11.6. The number of aromatic nitrogens is 1. The van der Waals surface area contributed by atoms with Crippen molar-refractivity contribution in [3.05, 3.63) is 63.6 Å². The van der Waals surface area contributed by atoms with E-state index in [1.165, 1.54) is 29.7 Å². The van der Waals surface area contributed by atoms with Crippen molar-refractivity contribution < 1.29 is 18.7 Å². The highest BCUT2D eigenvalue weighted by Crippen LogP contribution is 2.20. The summed E-state index contributed by atoms with van der Waals surface area (Å²) >= 11 is 5.93. The SMILES string of the molecule is C[C@@H](OC(=O)CCn1c(=O)oc2ccccc21)C(=O)Nc1ccc(C#N)c(Cl)c1. The van der Waals surface area contributed by atoms with Crippen molar-refractivity contribution in [2.45, 2.75) is 26.0 Å². The molecule has 8 nitrogen and oxygen atoms in total. The number of anilines is 1. The molecule has 0 aliphatic heterocycles. The summed E-state index contributed by atoms with van der Waals surface area (Å²) in [5, 5.41) is 11.6. The molecule has 0 spiro atoms. The van der Waals surface area contributed by atoms with Crippen molar-refractivity contribution in [1.29, 1.82) is 5.26 Å². The second kappa shape index (κ2) is 8.63. The minimum absolute atomic E-state index is 0.0637. The molecule has 3 rings (SSSR count). The summed E-state index contributed by atoms with van der Waals surface area (Å²) in [5.41, 5.74) is 1.66. The van der Waals surface area contributed by atoms with E-state index in [9.17, 15) is 14.4 Å². The lowest BCUT2D eigenvalue weighted by molar-refractivity contribution is -0.153. The van der Waals surface area contributed by atoms with Gasteiger partial charge in [-0.2, -0.15) is 5.26 Å². The Morgan fingerprint density at radius 3 is 2.79 bits per heavy atom. The standard InChI is InChI=1S/C20H16ClN3O5/c1-12(19(26)23-14-7-6-13(11-22)15(21)10-14)28-18(25)8-9-24-16-4-2-3-5-17(16)29-20(24)27/h2-7,10,12H,8-9H2,1H3,(H,23,26)/t12-/m1/s1. The molecular weight excluding hydrogens is 398 g/mol. The quantitative estimate of drug-likeness (QED) is 0.621. The van der Waals surface area contributed by atoms with Crippen molar-refractivity contribution >= 4 is 40.3 Å². The zero-order chi connectivity index (χ0) is 21.0. The molecule has 1 heterocycles. The zero-order valence-corrected chi connectivity index (χ0v) is 16.1. The molecule has 1 atom stereocenters. The molecule has 3 aromatic rings. The van der Waals surface area contributed by atoms with Gasteiger partial charge < -0.3 is 14.5 Å². The lowest BCUT2D eigenvalue weighted by Gasteiger charge is -2.14. The van der Waals surface area contributed by atoms with E-state index in [0.717, 1.165) is 0 Å². The van der Waals surface area contributed by atoms with Gasteiger partial charge in [0.25, 0.3) is 5.91 Å². The number of amides is 1. The maximum absolute atomic E-state index is 12.2. The van der Waals surface area contributed by atoms with Crippen LogP contribution >= 0.6 is 11.6 Å². The van der Waals surface area contributed by atoms with Crippen LogP contribution in [0.25, 0.3) is 11.1 Å². The minimum Gasteiger partial charge on any atom is -0.452 e. The molecule has 0 unspecified atom stereocenters. The van der Waals surface area contributed by atoms with Crippen molar-refractivity contribution in [1.82, 2.24) is 4.57 Å². The van der Waals surface area contributed by atoms with Crippen LogP contribution in [0.2, 0.25) is 5.02 Å². The number of ether oxygens (including phenoxy) is 1. The molecule has 0 saturated heterocycles. The molecule has 0 aliphatic rings. The number of hydrogen-bond acceptors (Lipinski definition) is 6. The minimum atomic E-state index is -1.06. The predicted molar refractivity (Wildman–Crippen MR) is 105 cm³/mol. The highest BCUT2D eigenvalue weighted by Gasteiger charge is 2.19. The maximum Gasteiger partial charge on any atom is 0.419 e. The number of hydrogen-bond donors (Lipinski definition) is 1. The molecule has 2 aromatic carbocycles. The van der Waals surface area contributed by atoms with Gasteiger partial charge in [0, 0.05) is 12.2 Å². The molecule has 1 amide bonds. The fraction of sp³-hybridized carbons (Fsp3) is 0.200. The van der Waals surface area contributed by atoms with E-state index >= 15 is 0 Å². The third-order valence-corrected chi connectivity index (χ3v) is 4.46. The molecule has 148 valence electrons. The monoisotopic (exact) mass is 413 g/mol. The summed E-state index contributed by atoms with van der Waals surface area (Å²) in [6.45, 7) is 1.49. The number of rotatable bonds is 6. The number of aryl methyl sites for hydroxylation is 1. The summed E-state index contributed by atoms with van der Waals surface area (Å²) in [6.07, 6.45) is -1.17. The second-order valence-electron chi connectivity index (χ2n) is 6.17. The molecule has 1 N–H and O–H groups in total. The number of para-hydroxylation sites is 2. The molecule has 0 saturated carbocycles. The van der Waals surface area contributed by atoms with Crippen molar-refractivity contribution in [3.8, 4) is 6.07 Å². The van der Waals surface area contributed by atoms with E-state index in [1.54, 1.807) is 24.3 Å². The van der Waals surface area contributed by atoms with Crippen LogP contribution < -0.4 is 11.1 Å². The van der Waals surface area contributed by atoms with E-state index in [-0.39, 0.29) is 23.6 Å². The second-order valence-corrected chi connectivity index (χ2v) is 6.57. The van der Waals surface area contributed by atoms with E-state index in [4.69, 9.17) is 26.0 Å². The van der Waals surface area contributed by atoms with Gasteiger partial charge in [-0.15, -0.1) is 0 Å². The first-order chi connectivity index (χ1) is 13.9. The van der Waals surface area contributed by atoms with Crippen LogP contribution in [0.5, 0.6) is 0 Å². The molecule has 29 heavy (non-hydrogen) atoms. The van der Waals surface area contributed by atoms with Gasteiger partial charge in [0.15, 0.2) is 11.7 Å². The van der Waals surface area contributed by atoms with Crippen molar-refractivity contribution in [2.75, 3.05) is 5.32 Å². The Morgan fingerprint density at radius 2 is 2.07 bits per heavy atom. The number of nitrogens with zero attached hydrogens (tertiary/aromatic N) is 2. The van der Waals surface area contributed by atoms with Crippen LogP contribution in [0.4, 0.5) is 5.69 Å². The number of benzene rings is 2. The first-order valence-corrected chi connectivity index (χ1v) is 9.05. The van der Waals surface area contributed by atoms with Gasteiger partial charge in [-0.3, -0.25) is 14.2 Å². The van der Waals surface area contributed by atoms with E-state index in [0.29, 0.717) is 16.8 Å². The molecule has 0 fully saturated rings. The van der Waals surface area contributed by atoms with Crippen LogP contribution in [0, 0.1) is 11.3 Å². The van der Waals surface area contributed by atoms with Gasteiger partial charge in [0.05, 0.1) is 22.5 Å². The Labute approximate surface area is 170 Å². The highest BCUT2D eigenvalue weighted by molar-refractivity contribution is 6.32. The van der Waals surface area contributed by atoms with E-state index in [2.05, 4.69) is 5.32 Å². The molecule has 9 heteroatoms. The first-order valence-electron chi connectivity index (χ1n) is 8.67. The number of carbonyl (C=O) groups excluding carboxylic acids is 2. The summed E-state index contributed by atoms with van der Waals surface area (Å²) in [6, 6.07) is 13.2. The molecule has 0 bridgehead atoms. The van der Waals surface area contributed by atoms with Gasteiger partial charge in [-0.25, -0.2) is 4.79 Å². The number of nitrogens with one attached hydrogen (secondary N) is 1. The fourth-order valence-corrected chi connectivity index (χ4v) is 2.89. The van der Waals surface area contributed by atoms with Gasteiger partial charge in [-0.1, -0.05) is 23.7 Å². The molecular formula is C20H16ClN3O5. The largest absolute Gasteiger partial charge is 0.452 e. The Kier molecular flexibility index (Phi) is 6.00. The smallest absolute Gasteiger partial charge is 0.419 e. The third kappa shape index (κ3) is 4.65. The van der Waals surface area contributed by atoms with Crippen LogP contribution in [0.1, 0.15) is 18.9 Å². The van der Waals surface area contributed by atoms with Gasteiger partial charge >= 0.3 is 11.7 Å². The topological polar surface area (TPSA) is 114 Å². The Hall–Kier alpha value is -3.57.